The molecule has 1 aliphatic rings. The second-order valence-electron chi connectivity index (χ2n) is 5.72. The lowest BCUT2D eigenvalue weighted by Crippen LogP contribution is -2.44. The zero-order chi connectivity index (χ0) is 16.4. The van der Waals surface area contributed by atoms with Crippen LogP contribution in [0.25, 0.3) is 17.0 Å². The van der Waals surface area contributed by atoms with E-state index in [1.165, 1.54) is 6.07 Å². The van der Waals surface area contributed by atoms with Crippen molar-refractivity contribution in [3.05, 3.63) is 40.8 Å². The molecule has 23 heavy (non-hydrogen) atoms. The third-order valence-corrected chi connectivity index (χ3v) is 4.38. The van der Waals surface area contributed by atoms with Gasteiger partial charge in [0, 0.05) is 43.3 Å². The predicted octanol–water partition coefficient (Wildman–Crippen LogP) is 2.78. The van der Waals surface area contributed by atoms with E-state index in [1.54, 1.807) is 18.2 Å². The Labute approximate surface area is 139 Å². The molecule has 1 fully saturated rings. The lowest BCUT2D eigenvalue weighted by atomic mass is 10.1. The Hall–Kier alpha value is -1.69. The minimum Gasteiger partial charge on any atom is -0.392 e. The van der Waals surface area contributed by atoms with Crippen LogP contribution < -0.4 is 4.90 Å². The highest BCUT2D eigenvalue weighted by atomic mass is 35.5. The van der Waals surface area contributed by atoms with Crippen LogP contribution in [0, 0.1) is 5.82 Å². The SMILES string of the molecule is CN1CCN(c2cc(/C=C/CO)nc3cc(F)c(Cl)cc23)CC1. The molecule has 0 bridgehead atoms. The Morgan fingerprint density at radius 2 is 2.00 bits per heavy atom. The van der Waals surface area contributed by atoms with Gasteiger partial charge in [0.15, 0.2) is 0 Å². The second kappa shape index (κ2) is 6.83. The summed E-state index contributed by atoms with van der Waals surface area (Å²) < 4.78 is 13.8. The number of hydrogen-bond acceptors (Lipinski definition) is 4. The molecule has 6 heteroatoms. The minimum atomic E-state index is -0.473. The molecule has 0 aliphatic carbocycles. The van der Waals surface area contributed by atoms with E-state index in [-0.39, 0.29) is 11.6 Å². The number of piperazine rings is 1. The molecule has 4 nitrogen and oxygen atoms in total. The van der Waals surface area contributed by atoms with Crippen molar-refractivity contribution in [2.24, 2.45) is 0 Å². The number of aromatic nitrogens is 1. The highest BCUT2D eigenvalue weighted by Gasteiger charge is 2.18. The Kier molecular flexibility index (Phi) is 4.80. The molecule has 3 rings (SSSR count). The molecule has 2 heterocycles. The zero-order valence-corrected chi connectivity index (χ0v) is 13.7. The maximum absolute atomic E-state index is 13.8. The summed E-state index contributed by atoms with van der Waals surface area (Å²) in [7, 11) is 2.10. The van der Waals surface area contributed by atoms with E-state index in [1.807, 2.05) is 6.07 Å². The summed E-state index contributed by atoms with van der Waals surface area (Å²) in [6.07, 6.45) is 3.36. The van der Waals surface area contributed by atoms with Gasteiger partial charge in [0.1, 0.15) is 5.82 Å². The molecular formula is C17H19ClFN3O. The molecular weight excluding hydrogens is 317 g/mol. The topological polar surface area (TPSA) is 39.6 Å². The molecule has 1 N–H and O–H groups in total. The fourth-order valence-electron chi connectivity index (χ4n) is 2.79. The van der Waals surface area contributed by atoms with Gasteiger partial charge in [0.05, 0.1) is 22.8 Å². The molecule has 1 saturated heterocycles. The first-order valence-electron chi connectivity index (χ1n) is 7.59. The number of halogens is 2. The van der Waals surface area contributed by atoms with Crippen LogP contribution >= 0.6 is 11.6 Å². The summed E-state index contributed by atoms with van der Waals surface area (Å²) in [5, 5.41) is 9.91. The summed E-state index contributed by atoms with van der Waals surface area (Å²) in [4.78, 5) is 9.00. The maximum atomic E-state index is 13.8. The third kappa shape index (κ3) is 3.47. The maximum Gasteiger partial charge on any atom is 0.143 e. The van der Waals surface area contributed by atoms with Gasteiger partial charge >= 0.3 is 0 Å². The number of aliphatic hydroxyl groups is 1. The lowest BCUT2D eigenvalue weighted by Gasteiger charge is -2.34. The van der Waals surface area contributed by atoms with Crippen LogP contribution in [0.15, 0.2) is 24.3 Å². The van der Waals surface area contributed by atoms with Gasteiger partial charge in [-0.3, -0.25) is 0 Å². The quantitative estimate of drug-likeness (QED) is 0.936. The van der Waals surface area contributed by atoms with Crippen molar-refractivity contribution in [1.29, 1.82) is 0 Å². The van der Waals surface area contributed by atoms with Gasteiger partial charge < -0.3 is 14.9 Å². The van der Waals surface area contributed by atoms with Crippen LogP contribution in [0.4, 0.5) is 10.1 Å². The number of rotatable bonds is 3. The number of pyridine rings is 1. The van der Waals surface area contributed by atoms with E-state index in [9.17, 15) is 4.39 Å². The van der Waals surface area contributed by atoms with Gasteiger partial charge in [0.2, 0.25) is 0 Å². The fraction of sp³-hybridized carbons (Fsp3) is 0.353. The standard InChI is InChI=1S/C17H19ClFN3O/c1-21-4-6-22(7-5-21)17-9-12(3-2-8-23)20-16-11-15(19)14(18)10-13(16)17/h2-3,9-11,23H,4-8H2,1H3/b3-2+. The number of benzene rings is 1. The normalized spacial score (nSPS) is 16.6. The molecule has 0 saturated carbocycles. The highest BCUT2D eigenvalue weighted by molar-refractivity contribution is 6.31. The number of hydrogen-bond donors (Lipinski definition) is 1. The molecule has 0 spiro atoms. The monoisotopic (exact) mass is 335 g/mol. The van der Waals surface area contributed by atoms with Crippen LogP contribution in [0.2, 0.25) is 5.02 Å². The summed E-state index contributed by atoms with van der Waals surface area (Å²) in [6.45, 7) is 3.68. The molecule has 0 amide bonds. The summed E-state index contributed by atoms with van der Waals surface area (Å²) in [5.74, 6) is -0.473. The molecule has 0 radical (unpaired) electrons. The van der Waals surface area contributed by atoms with Crippen LogP contribution in [0.5, 0.6) is 0 Å². The predicted molar refractivity (Wildman–Crippen MR) is 92.5 cm³/mol. The number of likely N-dealkylation sites (N-methyl/N-ethyl adjacent to an activating group) is 1. The Morgan fingerprint density at radius 3 is 2.70 bits per heavy atom. The van der Waals surface area contributed by atoms with E-state index in [4.69, 9.17) is 16.7 Å². The summed E-state index contributed by atoms with van der Waals surface area (Å²) in [5.41, 5.74) is 2.27. The zero-order valence-electron chi connectivity index (χ0n) is 13.0. The first-order valence-corrected chi connectivity index (χ1v) is 7.97. The lowest BCUT2D eigenvalue weighted by molar-refractivity contribution is 0.313. The largest absolute Gasteiger partial charge is 0.392 e. The van der Waals surface area contributed by atoms with Crippen LogP contribution in [-0.2, 0) is 0 Å². The highest BCUT2D eigenvalue weighted by Crippen LogP contribution is 2.31. The first-order chi connectivity index (χ1) is 11.1. The number of anilines is 1. The van der Waals surface area contributed by atoms with Gasteiger partial charge in [0.25, 0.3) is 0 Å². The number of aliphatic hydroxyl groups excluding tert-OH is 1. The number of nitrogens with zero attached hydrogens (tertiary/aromatic N) is 3. The van der Waals surface area contributed by atoms with Crippen molar-refractivity contribution >= 4 is 34.3 Å². The summed E-state index contributed by atoms with van der Waals surface area (Å²) >= 11 is 5.97. The molecule has 0 atom stereocenters. The molecule has 2 aromatic rings. The molecule has 122 valence electrons. The van der Waals surface area contributed by atoms with Crippen LogP contribution in [0.1, 0.15) is 5.69 Å². The van der Waals surface area contributed by atoms with E-state index in [0.29, 0.717) is 11.2 Å². The smallest absolute Gasteiger partial charge is 0.143 e. The van der Waals surface area contributed by atoms with Crippen LogP contribution in [-0.4, -0.2) is 54.8 Å². The van der Waals surface area contributed by atoms with Gasteiger partial charge in [-0.1, -0.05) is 17.7 Å². The van der Waals surface area contributed by atoms with E-state index < -0.39 is 5.82 Å². The van der Waals surface area contributed by atoms with Crippen molar-refractivity contribution < 1.29 is 9.50 Å². The van der Waals surface area contributed by atoms with E-state index in [2.05, 4.69) is 21.8 Å². The van der Waals surface area contributed by atoms with E-state index in [0.717, 1.165) is 37.3 Å². The van der Waals surface area contributed by atoms with Crippen molar-refractivity contribution in [2.75, 3.05) is 44.7 Å². The molecule has 1 aliphatic heterocycles. The van der Waals surface area contributed by atoms with Crippen molar-refractivity contribution in [1.82, 2.24) is 9.88 Å². The third-order valence-electron chi connectivity index (χ3n) is 4.09. The number of fused-ring (bicyclic) bond motifs is 1. The fourth-order valence-corrected chi connectivity index (χ4v) is 2.95. The average Bonchev–Trinajstić information content (AvgIpc) is 2.54. The summed E-state index contributed by atoms with van der Waals surface area (Å²) in [6, 6.07) is 4.98. The Balaban J connectivity index is 2.12. The molecule has 1 aromatic heterocycles. The van der Waals surface area contributed by atoms with Gasteiger partial charge in [-0.05, 0) is 25.3 Å². The second-order valence-corrected chi connectivity index (χ2v) is 6.13. The first kappa shape index (κ1) is 16.2. The molecule has 0 unspecified atom stereocenters. The van der Waals surface area contributed by atoms with Crippen molar-refractivity contribution in [2.45, 2.75) is 0 Å². The van der Waals surface area contributed by atoms with Gasteiger partial charge in [-0.2, -0.15) is 0 Å². The minimum absolute atomic E-state index is 0.0570. The molecule has 1 aromatic carbocycles. The average molecular weight is 336 g/mol. The van der Waals surface area contributed by atoms with Gasteiger partial charge in [-0.25, -0.2) is 9.37 Å². The Morgan fingerprint density at radius 1 is 1.26 bits per heavy atom. The van der Waals surface area contributed by atoms with E-state index >= 15 is 0 Å². The Bertz CT molecular complexity index is 742. The van der Waals surface area contributed by atoms with Crippen molar-refractivity contribution in [3.8, 4) is 0 Å². The van der Waals surface area contributed by atoms with Crippen molar-refractivity contribution in [3.63, 3.8) is 0 Å². The van der Waals surface area contributed by atoms with Crippen LogP contribution in [0.3, 0.4) is 0 Å². The van der Waals surface area contributed by atoms with Gasteiger partial charge in [-0.15, -0.1) is 0 Å².